The maximum Gasteiger partial charge on any atom is 0.226 e. The number of tetrazole rings is 1. The molecule has 94 valence electrons. The number of nitrogens with one attached hydrogen (secondary N) is 2. The topological polar surface area (TPSA) is 83.6 Å². The summed E-state index contributed by atoms with van der Waals surface area (Å²) in [4.78, 5) is 11.8. The summed E-state index contributed by atoms with van der Waals surface area (Å²) < 4.78 is 0.869. The van der Waals surface area contributed by atoms with Crippen LogP contribution in [0, 0.1) is 5.92 Å². The Morgan fingerprint density at radius 1 is 1.44 bits per heavy atom. The molecule has 0 spiro atoms. The fourth-order valence-electron chi connectivity index (χ4n) is 1.37. The van der Waals surface area contributed by atoms with Gasteiger partial charge in [-0.3, -0.25) is 4.79 Å². The lowest BCUT2D eigenvalue weighted by Gasteiger charge is -2.11. The molecule has 1 heterocycles. The van der Waals surface area contributed by atoms with Gasteiger partial charge in [-0.05, 0) is 23.4 Å². The fourth-order valence-corrected chi connectivity index (χ4v) is 1.73. The third-order valence-electron chi connectivity index (χ3n) is 2.35. The third-order valence-corrected chi connectivity index (χ3v) is 2.84. The van der Waals surface area contributed by atoms with Crippen LogP contribution in [0.2, 0.25) is 0 Å². The first kappa shape index (κ1) is 12.7. The molecule has 0 unspecified atom stereocenters. The van der Waals surface area contributed by atoms with Gasteiger partial charge in [-0.1, -0.05) is 29.8 Å². The Bertz CT molecular complexity index is 553. The monoisotopic (exact) mass is 309 g/mol. The Labute approximate surface area is 112 Å². The second-order valence-corrected chi connectivity index (χ2v) is 4.98. The van der Waals surface area contributed by atoms with Crippen molar-refractivity contribution >= 4 is 27.5 Å². The molecule has 0 aliphatic heterocycles. The van der Waals surface area contributed by atoms with Crippen molar-refractivity contribution in [1.29, 1.82) is 0 Å². The van der Waals surface area contributed by atoms with Gasteiger partial charge >= 0.3 is 0 Å². The quantitative estimate of drug-likeness (QED) is 0.910. The highest BCUT2D eigenvalue weighted by atomic mass is 79.9. The number of aromatic nitrogens is 4. The van der Waals surface area contributed by atoms with E-state index < -0.39 is 0 Å². The summed E-state index contributed by atoms with van der Waals surface area (Å²) in [6.45, 7) is 3.67. The van der Waals surface area contributed by atoms with Crippen molar-refractivity contribution < 1.29 is 4.79 Å². The molecule has 1 amide bonds. The molecule has 1 aromatic carbocycles. The van der Waals surface area contributed by atoms with Gasteiger partial charge in [0, 0.05) is 16.0 Å². The van der Waals surface area contributed by atoms with E-state index in [1.165, 1.54) is 0 Å². The average molecular weight is 310 g/mol. The lowest BCUT2D eigenvalue weighted by atomic mass is 10.1. The van der Waals surface area contributed by atoms with Gasteiger partial charge in [0.25, 0.3) is 0 Å². The zero-order valence-corrected chi connectivity index (χ0v) is 11.5. The van der Waals surface area contributed by atoms with Crippen molar-refractivity contribution in [2.24, 2.45) is 5.92 Å². The third kappa shape index (κ3) is 2.73. The number of nitrogens with zero attached hydrogens (tertiary/aromatic N) is 3. The van der Waals surface area contributed by atoms with Crippen LogP contribution >= 0.6 is 15.9 Å². The highest BCUT2D eigenvalue weighted by Gasteiger charge is 2.14. The van der Waals surface area contributed by atoms with Crippen molar-refractivity contribution in [3.8, 4) is 11.4 Å². The zero-order chi connectivity index (χ0) is 13.1. The molecule has 7 heteroatoms. The summed E-state index contributed by atoms with van der Waals surface area (Å²) in [6, 6.07) is 5.49. The lowest BCUT2D eigenvalue weighted by Crippen LogP contribution is -2.18. The maximum absolute atomic E-state index is 11.8. The molecule has 1 aromatic heterocycles. The average Bonchev–Trinajstić information content (AvgIpc) is 2.82. The molecule has 0 aliphatic rings. The second-order valence-electron chi connectivity index (χ2n) is 4.07. The Morgan fingerprint density at radius 2 is 2.22 bits per heavy atom. The number of hydrogen-bond acceptors (Lipinski definition) is 4. The van der Waals surface area contributed by atoms with Crippen LogP contribution in [-0.4, -0.2) is 26.5 Å². The first-order chi connectivity index (χ1) is 8.58. The van der Waals surface area contributed by atoms with E-state index in [0.717, 1.165) is 10.0 Å². The minimum Gasteiger partial charge on any atom is -0.325 e. The number of H-pyrrole nitrogens is 1. The van der Waals surface area contributed by atoms with E-state index in [1.54, 1.807) is 0 Å². The normalized spacial score (nSPS) is 10.7. The van der Waals surface area contributed by atoms with Gasteiger partial charge in [-0.15, -0.1) is 10.2 Å². The fraction of sp³-hybridized carbons (Fsp3) is 0.273. The minimum absolute atomic E-state index is 0.0576. The van der Waals surface area contributed by atoms with Crippen LogP contribution in [0.4, 0.5) is 5.69 Å². The number of hydrogen-bond donors (Lipinski definition) is 2. The lowest BCUT2D eigenvalue weighted by molar-refractivity contribution is -0.118. The van der Waals surface area contributed by atoms with Gasteiger partial charge in [0.15, 0.2) is 0 Å². The Kier molecular flexibility index (Phi) is 3.71. The number of carbonyl (C=O) groups excluding carboxylic acids is 1. The van der Waals surface area contributed by atoms with Crippen LogP contribution in [0.5, 0.6) is 0 Å². The number of benzene rings is 1. The molecule has 0 fully saturated rings. The molecular formula is C11H12BrN5O. The summed E-state index contributed by atoms with van der Waals surface area (Å²) in [6.07, 6.45) is 0. The van der Waals surface area contributed by atoms with Crippen molar-refractivity contribution in [1.82, 2.24) is 20.6 Å². The highest BCUT2D eigenvalue weighted by molar-refractivity contribution is 9.10. The summed E-state index contributed by atoms with van der Waals surface area (Å²) in [5.74, 6) is 0.293. The molecule has 2 aromatic rings. The molecular weight excluding hydrogens is 298 g/mol. The predicted molar refractivity (Wildman–Crippen MR) is 70.8 cm³/mol. The van der Waals surface area contributed by atoms with Gasteiger partial charge in [-0.25, -0.2) is 0 Å². The highest BCUT2D eigenvalue weighted by Crippen LogP contribution is 2.28. The van der Waals surface area contributed by atoms with E-state index in [0.29, 0.717) is 11.5 Å². The molecule has 0 radical (unpaired) electrons. The van der Waals surface area contributed by atoms with Crippen molar-refractivity contribution in [2.45, 2.75) is 13.8 Å². The summed E-state index contributed by atoms with van der Waals surface area (Å²) >= 11 is 3.37. The first-order valence-electron chi connectivity index (χ1n) is 5.42. The minimum atomic E-state index is -0.0953. The second kappa shape index (κ2) is 5.26. The zero-order valence-electron chi connectivity index (χ0n) is 9.94. The number of carbonyl (C=O) groups is 1. The molecule has 0 atom stereocenters. The van der Waals surface area contributed by atoms with Gasteiger partial charge in [-0.2, -0.15) is 5.21 Å². The smallest absolute Gasteiger partial charge is 0.226 e. The molecule has 0 saturated carbocycles. The van der Waals surface area contributed by atoms with E-state index in [9.17, 15) is 4.79 Å². The SMILES string of the molecule is CC(C)C(=O)Nc1cc(Br)ccc1-c1nn[nH]n1. The summed E-state index contributed by atoms with van der Waals surface area (Å²) in [5, 5.41) is 16.6. The van der Waals surface area contributed by atoms with E-state index in [4.69, 9.17) is 0 Å². The summed E-state index contributed by atoms with van der Waals surface area (Å²) in [5.41, 5.74) is 1.38. The van der Waals surface area contributed by atoms with Crippen LogP contribution in [0.1, 0.15) is 13.8 Å². The van der Waals surface area contributed by atoms with E-state index >= 15 is 0 Å². The van der Waals surface area contributed by atoms with Crippen LogP contribution in [0.25, 0.3) is 11.4 Å². The number of aromatic amines is 1. The van der Waals surface area contributed by atoms with E-state index in [-0.39, 0.29) is 11.8 Å². The molecule has 2 N–H and O–H groups in total. The first-order valence-corrected chi connectivity index (χ1v) is 6.21. The largest absolute Gasteiger partial charge is 0.325 e. The Morgan fingerprint density at radius 3 is 2.83 bits per heavy atom. The molecule has 0 bridgehead atoms. The number of rotatable bonds is 3. The molecule has 6 nitrogen and oxygen atoms in total. The van der Waals surface area contributed by atoms with Crippen LogP contribution in [-0.2, 0) is 4.79 Å². The van der Waals surface area contributed by atoms with Crippen LogP contribution in [0.3, 0.4) is 0 Å². The Balaban J connectivity index is 2.39. The van der Waals surface area contributed by atoms with Gasteiger partial charge < -0.3 is 5.32 Å². The Hall–Kier alpha value is -1.76. The van der Waals surface area contributed by atoms with E-state index in [2.05, 4.69) is 41.9 Å². The number of amides is 1. The van der Waals surface area contributed by atoms with Crippen LogP contribution in [0.15, 0.2) is 22.7 Å². The maximum atomic E-state index is 11.8. The van der Waals surface area contributed by atoms with Crippen molar-refractivity contribution in [3.05, 3.63) is 22.7 Å². The predicted octanol–water partition coefficient (Wildman–Crippen LogP) is 2.22. The van der Waals surface area contributed by atoms with Gasteiger partial charge in [0.05, 0.1) is 5.69 Å². The van der Waals surface area contributed by atoms with E-state index in [1.807, 2.05) is 32.0 Å². The standard InChI is InChI=1S/C11H12BrN5O/c1-6(2)11(18)13-9-5-7(12)3-4-8(9)10-14-16-17-15-10/h3-6H,1-2H3,(H,13,18)(H,14,15,16,17). The number of anilines is 1. The van der Waals surface area contributed by atoms with Crippen molar-refractivity contribution in [2.75, 3.05) is 5.32 Å². The molecule has 2 rings (SSSR count). The summed E-state index contributed by atoms with van der Waals surface area (Å²) in [7, 11) is 0. The molecule has 18 heavy (non-hydrogen) atoms. The van der Waals surface area contributed by atoms with Crippen LogP contribution < -0.4 is 5.32 Å². The molecule has 0 aliphatic carbocycles. The van der Waals surface area contributed by atoms with Gasteiger partial charge in [0.2, 0.25) is 11.7 Å². The van der Waals surface area contributed by atoms with Crippen molar-refractivity contribution in [3.63, 3.8) is 0 Å². The molecule has 0 saturated heterocycles. The van der Waals surface area contributed by atoms with Gasteiger partial charge in [0.1, 0.15) is 0 Å². The number of halogens is 1.